The number of aromatic nitrogens is 4. The van der Waals surface area contributed by atoms with Crippen LogP contribution in [0.1, 0.15) is 5.56 Å². The van der Waals surface area contributed by atoms with Crippen molar-refractivity contribution in [1.82, 2.24) is 20.2 Å². The summed E-state index contributed by atoms with van der Waals surface area (Å²) in [4.78, 5) is 0. The highest BCUT2D eigenvalue weighted by atomic mass is 16.5. The zero-order valence-corrected chi connectivity index (χ0v) is 14.1. The quantitative estimate of drug-likeness (QED) is 0.444. The maximum absolute atomic E-state index is 5.21. The number of rotatable bonds is 5. The van der Waals surface area contributed by atoms with E-state index in [0.717, 1.165) is 27.8 Å². The fourth-order valence-electron chi connectivity index (χ4n) is 2.70. The van der Waals surface area contributed by atoms with E-state index in [2.05, 4.69) is 38.2 Å². The first kappa shape index (κ1) is 15.8. The summed E-state index contributed by atoms with van der Waals surface area (Å²) < 4.78 is 6.84. The van der Waals surface area contributed by atoms with E-state index in [1.54, 1.807) is 18.0 Å². The van der Waals surface area contributed by atoms with Crippen LogP contribution in [-0.4, -0.2) is 33.5 Å². The van der Waals surface area contributed by atoms with Gasteiger partial charge in [0.2, 0.25) is 0 Å². The number of hydrogen-bond donors (Lipinski definition) is 1. The highest BCUT2D eigenvalue weighted by Crippen LogP contribution is 2.23. The van der Waals surface area contributed by atoms with Crippen LogP contribution >= 0.6 is 0 Å². The minimum Gasteiger partial charge on any atom is -0.497 e. The Kier molecular flexibility index (Phi) is 4.26. The number of hydrogen-bond acceptors (Lipinski definition) is 6. The first-order chi connectivity index (χ1) is 12.8. The molecule has 0 aliphatic rings. The molecule has 0 spiro atoms. The van der Waals surface area contributed by atoms with Crippen molar-refractivity contribution in [2.24, 2.45) is 5.10 Å². The zero-order valence-electron chi connectivity index (χ0n) is 14.1. The number of benzene rings is 3. The summed E-state index contributed by atoms with van der Waals surface area (Å²) in [5.41, 5.74) is 4.68. The molecule has 128 valence electrons. The van der Waals surface area contributed by atoms with Crippen LogP contribution in [0.2, 0.25) is 0 Å². The number of ether oxygens (including phenoxy) is 1. The average molecular weight is 344 g/mol. The summed E-state index contributed by atoms with van der Waals surface area (Å²) in [7, 11) is 1.63. The summed E-state index contributed by atoms with van der Waals surface area (Å²) in [6, 6.07) is 21.7. The Hall–Kier alpha value is -3.74. The van der Waals surface area contributed by atoms with Gasteiger partial charge in [-0.05, 0) is 39.6 Å². The zero-order chi connectivity index (χ0) is 17.8. The van der Waals surface area contributed by atoms with E-state index in [1.807, 2.05) is 54.6 Å². The van der Waals surface area contributed by atoms with Crippen molar-refractivity contribution in [3.8, 4) is 11.4 Å². The lowest BCUT2D eigenvalue weighted by Gasteiger charge is -2.07. The monoisotopic (exact) mass is 344 g/mol. The third-order valence-electron chi connectivity index (χ3n) is 3.94. The first-order valence-corrected chi connectivity index (χ1v) is 8.05. The third-order valence-corrected chi connectivity index (χ3v) is 3.94. The minimum absolute atomic E-state index is 0.431. The summed E-state index contributed by atoms with van der Waals surface area (Å²) in [5, 5.41) is 18.3. The third kappa shape index (κ3) is 3.10. The normalized spacial score (nSPS) is 11.1. The molecule has 3 aromatic carbocycles. The van der Waals surface area contributed by atoms with Crippen molar-refractivity contribution in [3.63, 3.8) is 0 Å². The molecule has 1 heterocycles. The molecule has 0 atom stereocenters. The van der Waals surface area contributed by atoms with Gasteiger partial charge in [0.25, 0.3) is 5.95 Å². The number of hydrazone groups is 1. The first-order valence-electron chi connectivity index (χ1n) is 8.05. The highest BCUT2D eigenvalue weighted by molar-refractivity contribution is 5.90. The molecule has 0 saturated carbocycles. The molecule has 26 heavy (non-hydrogen) atoms. The van der Waals surface area contributed by atoms with Gasteiger partial charge in [-0.1, -0.05) is 53.6 Å². The Morgan fingerprint density at radius 2 is 1.88 bits per heavy atom. The molecule has 0 aliphatic heterocycles. The lowest BCUT2D eigenvalue weighted by atomic mass is 10.1. The van der Waals surface area contributed by atoms with Crippen LogP contribution in [0.5, 0.6) is 5.75 Å². The van der Waals surface area contributed by atoms with Gasteiger partial charge in [-0.15, -0.1) is 0 Å². The van der Waals surface area contributed by atoms with Crippen LogP contribution in [0.15, 0.2) is 71.8 Å². The van der Waals surface area contributed by atoms with E-state index in [4.69, 9.17) is 4.74 Å². The maximum Gasteiger partial charge on any atom is 0.268 e. The molecule has 1 N–H and O–H groups in total. The van der Waals surface area contributed by atoms with E-state index in [-0.39, 0.29) is 0 Å². The molecule has 0 aliphatic carbocycles. The molecule has 0 saturated heterocycles. The van der Waals surface area contributed by atoms with E-state index in [9.17, 15) is 0 Å². The predicted molar refractivity (Wildman–Crippen MR) is 101 cm³/mol. The van der Waals surface area contributed by atoms with Gasteiger partial charge in [-0.3, -0.25) is 0 Å². The highest BCUT2D eigenvalue weighted by Gasteiger charge is 2.10. The minimum atomic E-state index is 0.431. The standard InChI is InChI=1S/C19H16N6O/c1-26-16-9-4-6-14(12-16)13-20-21-19-22-23-24-25(19)18-11-5-8-15-7-2-3-10-17(15)18/h2-13H,1H3,(H,21,22,24)/b20-13-. The maximum atomic E-state index is 5.21. The van der Waals surface area contributed by atoms with Crippen molar-refractivity contribution >= 4 is 22.9 Å². The van der Waals surface area contributed by atoms with Crippen LogP contribution in [0, 0.1) is 0 Å². The summed E-state index contributed by atoms with van der Waals surface area (Å²) in [6.45, 7) is 0. The fourth-order valence-corrected chi connectivity index (χ4v) is 2.70. The Morgan fingerprint density at radius 3 is 2.81 bits per heavy atom. The molecular formula is C19H16N6O. The molecule has 0 unspecified atom stereocenters. The average Bonchev–Trinajstić information content (AvgIpc) is 3.16. The van der Waals surface area contributed by atoms with Gasteiger partial charge in [-0.25, -0.2) is 5.43 Å². The van der Waals surface area contributed by atoms with Crippen LogP contribution < -0.4 is 10.2 Å². The van der Waals surface area contributed by atoms with Gasteiger partial charge < -0.3 is 4.74 Å². The van der Waals surface area contributed by atoms with Crippen LogP contribution in [0.4, 0.5) is 5.95 Å². The molecule has 0 fully saturated rings. The van der Waals surface area contributed by atoms with Gasteiger partial charge in [0.15, 0.2) is 0 Å². The summed E-state index contributed by atoms with van der Waals surface area (Å²) in [6.07, 6.45) is 1.69. The van der Waals surface area contributed by atoms with E-state index in [0.29, 0.717) is 5.95 Å². The molecule has 4 rings (SSSR count). The second-order valence-electron chi connectivity index (χ2n) is 5.56. The van der Waals surface area contributed by atoms with Gasteiger partial charge >= 0.3 is 0 Å². The molecule has 1 aromatic heterocycles. The topological polar surface area (TPSA) is 77.2 Å². The van der Waals surface area contributed by atoms with E-state index in [1.165, 1.54) is 0 Å². The number of tetrazole rings is 1. The number of nitrogens with one attached hydrogen (secondary N) is 1. The van der Waals surface area contributed by atoms with E-state index < -0.39 is 0 Å². The Bertz CT molecular complexity index is 1070. The lowest BCUT2D eigenvalue weighted by Crippen LogP contribution is -2.04. The van der Waals surface area contributed by atoms with Gasteiger partial charge in [0.05, 0.1) is 19.0 Å². The van der Waals surface area contributed by atoms with Crippen LogP contribution in [-0.2, 0) is 0 Å². The van der Waals surface area contributed by atoms with Crippen molar-refractivity contribution < 1.29 is 4.74 Å². The van der Waals surface area contributed by atoms with Crippen LogP contribution in [0.3, 0.4) is 0 Å². The number of fused-ring (bicyclic) bond motifs is 1. The smallest absolute Gasteiger partial charge is 0.268 e. The predicted octanol–water partition coefficient (Wildman–Crippen LogP) is 3.27. The second kappa shape index (κ2) is 7.02. The second-order valence-corrected chi connectivity index (χ2v) is 5.56. The van der Waals surface area contributed by atoms with Crippen molar-refractivity contribution in [2.45, 2.75) is 0 Å². The Morgan fingerprint density at radius 1 is 1.04 bits per heavy atom. The summed E-state index contributed by atoms with van der Waals surface area (Å²) >= 11 is 0. The van der Waals surface area contributed by atoms with Crippen molar-refractivity contribution in [2.75, 3.05) is 12.5 Å². The van der Waals surface area contributed by atoms with Gasteiger partial charge in [0, 0.05) is 5.39 Å². The molecule has 7 nitrogen and oxygen atoms in total. The lowest BCUT2D eigenvalue weighted by molar-refractivity contribution is 0.415. The molecular weight excluding hydrogens is 328 g/mol. The molecule has 4 aromatic rings. The van der Waals surface area contributed by atoms with Crippen LogP contribution in [0.25, 0.3) is 16.5 Å². The van der Waals surface area contributed by atoms with Crippen molar-refractivity contribution in [3.05, 3.63) is 72.3 Å². The number of anilines is 1. The molecule has 0 bridgehead atoms. The largest absolute Gasteiger partial charge is 0.497 e. The van der Waals surface area contributed by atoms with Gasteiger partial charge in [-0.2, -0.15) is 9.78 Å². The number of nitrogens with zero attached hydrogens (tertiary/aromatic N) is 5. The summed E-state index contributed by atoms with van der Waals surface area (Å²) in [5.74, 6) is 1.20. The van der Waals surface area contributed by atoms with Crippen molar-refractivity contribution in [1.29, 1.82) is 0 Å². The molecule has 0 amide bonds. The SMILES string of the molecule is COc1cccc(/C=N\Nc2nnnn2-c2cccc3ccccc23)c1. The fraction of sp³-hybridized carbons (Fsp3) is 0.0526. The number of methoxy groups -OCH3 is 1. The Labute approximate surface area is 149 Å². The Balaban J connectivity index is 1.62. The van der Waals surface area contributed by atoms with E-state index >= 15 is 0 Å². The van der Waals surface area contributed by atoms with Gasteiger partial charge in [0.1, 0.15) is 5.75 Å². The molecule has 7 heteroatoms. The molecule has 0 radical (unpaired) electrons.